The normalized spacial score (nSPS) is 11.7. The zero-order chi connectivity index (χ0) is 23.9. The van der Waals surface area contributed by atoms with Crippen molar-refractivity contribution in [1.82, 2.24) is 5.32 Å². The zero-order valence-electron chi connectivity index (χ0n) is 20.5. The number of rotatable bonds is 22. The first-order valence-electron chi connectivity index (χ1n) is 12.7. The van der Waals surface area contributed by atoms with E-state index in [-0.39, 0.29) is 38.5 Å². The van der Waals surface area contributed by atoms with Gasteiger partial charge in [0.1, 0.15) is 13.2 Å². The summed E-state index contributed by atoms with van der Waals surface area (Å²) in [4.78, 5) is 34.7. The molecule has 0 fully saturated rings. The van der Waals surface area contributed by atoms with Crippen LogP contribution in [0.3, 0.4) is 0 Å². The van der Waals surface area contributed by atoms with E-state index in [9.17, 15) is 14.4 Å². The molecule has 32 heavy (non-hydrogen) atoms. The van der Waals surface area contributed by atoms with Crippen LogP contribution in [-0.2, 0) is 23.9 Å². The maximum Gasteiger partial charge on any atom is 0.306 e. The molecular formula is C25H47NO6. The number of hydrogen-bond acceptors (Lipinski definition) is 6. The van der Waals surface area contributed by atoms with Crippen LogP contribution in [0.4, 0.5) is 0 Å². The molecule has 0 bridgehead atoms. The van der Waals surface area contributed by atoms with Crippen molar-refractivity contribution in [3.8, 4) is 0 Å². The minimum absolute atomic E-state index is 0.0224. The van der Waals surface area contributed by atoms with Crippen LogP contribution in [0.2, 0.25) is 0 Å². The van der Waals surface area contributed by atoms with Gasteiger partial charge in [-0.2, -0.15) is 0 Å². The Labute approximate surface area is 195 Å². The van der Waals surface area contributed by atoms with Crippen LogP contribution in [-0.4, -0.2) is 48.8 Å². The van der Waals surface area contributed by atoms with Crippen LogP contribution < -0.4 is 5.32 Å². The summed E-state index contributed by atoms with van der Waals surface area (Å²) < 4.78 is 9.74. The van der Waals surface area contributed by atoms with Gasteiger partial charge in [-0.05, 0) is 13.3 Å². The first-order chi connectivity index (χ1) is 15.5. The molecule has 0 aromatic heterocycles. The Balaban J connectivity index is 3.38. The van der Waals surface area contributed by atoms with E-state index in [4.69, 9.17) is 14.6 Å². The molecule has 0 aliphatic carbocycles. The van der Waals surface area contributed by atoms with Crippen molar-refractivity contribution in [2.75, 3.05) is 19.8 Å². The molecule has 0 rings (SSSR count). The fourth-order valence-corrected chi connectivity index (χ4v) is 3.31. The average Bonchev–Trinajstić information content (AvgIpc) is 2.77. The van der Waals surface area contributed by atoms with Gasteiger partial charge in [-0.1, -0.05) is 84.0 Å². The van der Waals surface area contributed by atoms with Crippen LogP contribution >= 0.6 is 0 Å². The lowest BCUT2D eigenvalue weighted by molar-refractivity contribution is -0.151. The van der Waals surface area contributed by atoms with E-state index in [1.165, 1.54) is 77.6 Å². The number of hydrogen-bond donors (Lipinski definition) is 2. The van der Waals surface area contributed by atoms with Crippen LogP contribution in [0.1, 0.15) is 117 Å². The Morgan fingerprint density at radius 1 is 0.719 bits per heavy atom. The van der Waals surface area contributed by atoms with E-state index in [0.29, 0.717) is 6.42 Å². The second-order valence-electron chi connectivity index (χ2n) is 8.60. The lowest BCUT2D eigenvalue weighted by Gasteiger charge is -2.08. The third-order valence-corrected chi connectivity index (χ3v) is 5.21. The van der Waals surface area contributed by atoms with Gasteiger partial charge in [0.2, 0.25) is 5.91 Å². The summed E-state index contributed by atoms with van der Waals surface area (Å²) in [5.41, 5.74) is 0. The van der Waals surface area contributed by atoms with Crippen molar-refractivity contribution in [2.45, 2.75) is 123 Å². The molecule has 0 aromatic rings. The number of amides is 1. The first kappa shape index (κ1) is 30.4. The second kappa shape index (κ2) is 22.6. The molecule has 0 aromatic carbocycles. The number of carbonyl (C=O) groups excluding carboxylic acids is 3. The summed E-state index contributed by atoms with van der Waals surface area (Å²) in [7, 11) is 0. The molecule has 0 saturated heterocycles. The number of carbonyl (C=O) groups is 3. The van der Waals surface area contributed by atoms with Gasteiger partial charge in [-0.25, -0.2) is 0 Å². The monoisotopic (exact) mass is 457 g/mol. The lowest BCUT2D eigenvalue weighted by atomic mass is 10.0. The minimum atomic E-state index is -0.728. The van der Waals surface area contributed by atoms with E-state index in [1.54, 1.807) is 0 Å². The standard InChI is InChI=1S/C25H47NO6/c1-3-4-5-6-7-8-9-10-11-12-13-14-15-16-23(28)26-19-20-31-24(29)17-18-25(30)32-21-22(2)27/h22,27H,3-21H2,1-2H3,(H,26,28). The summed E-state index contributed by atoms with van der Waals surface area (Å²) in [6, 6.07) is 0. The van der Waals surface area contributed by atoms with E-state index < -0.39 is 18.0 Å². The van der Waals surface area contributed by atoms with Crippen molar-refractivity contribution in [3.05, 3.63) is 0 Å². The van der Waals surface area contributed by atoms with Crippen molar-refractivity contribution in [1.29, 1.82) is 0 Å². The van der Waals surface area contributed by atoms with Gasteiger partial charge in [0.05, 0.1) is 25.5 Å². The highest BCUT2D eigenvalue weighted by molar-refractivity contribution is 5.78. The fraction of sp³-hybridized carbons (Fsp3) is 0.880. The second-order valence-corrected chi connectivity index (χ2v) is 8.60. The van der Waals surface area contributed by atoms with E-state index >= 15 is 0 Å². The first-order valence-corrected chi connectivity index (χ1v) is 12.7. The Morgan fingerprint density at radius 3 is 1.69 bits per heavy atom. The van der Waals surface area contributed by atoms with Crippen molar-refractivity contribution >= 4 is 17.8 Å². The minimum Gasteiger partial charge on any atom is -0.464 e. The molecule has 1 atom stereocenters. The number of unbranched alkanes of at least 4 members (excludes halogenated alkanes) is 12. The number of aliphatic hydroxyl groups is 1. The Bertz CT molecular complexity index is 481. The summed E-state index contributed by atoms with van der Waals surface area (Å²) in [6.07, 6.45) is 16.2. The van der Waals surface area contributed by atoms with Gasteiger partial charge < -0.3 is 19.9 Å². The fourth-order valence-electron chi connectivity index (χ4n) is 3.31. The molecule has 0 spiro atoms. The van der Waals surface area contributed by atoms with Crippen LogP contribution in [0.15, 0.2) is 0 Å². The van der Waals surface area contributed by atoms with Gasteiger partial charge in [0.25, 0.3) is 0 Å². The number of esters is 2. The van der Waals surface area contributed by atoms with Crippen LogP contribution in [0, 0.1) is 0 Å². The number of ether oxygens (including phenoxy) is 2. The maximum absolute atomic E-state index is 11.8. The highest BCUT2D eigenvalue weighted by atomic mass is 16.5. The highest BCUT2D eigenvalue weighted by Gasteiger charge is 2.10. The van der Waals surface area contributed by atoms with Gasteiger partial charge in [0.15, 0.2) is 0 Å². The lowest BCUT2D eigenvalue weighted by Crippen LogP contribution is -2.27. The molecule has 0 aliphatic rings. The van der Waals surface area contributed by atoms with Crippen molar-refractivity contribution in [2.24, 2.45) is 0 Å². The molecular weight excluding hydrogens is 410 g/mol. The quantitative estimate of drug-likeness (QED) is 0.178. The van der Waals surface area contributed by atoms with E-state index in [2.05, 4.69) is 12.2 Å². The summed E-state index contributed by atoms with van der Waals surface area (Å²) in [6.45, 7) is 4.04. The highest BCUT2D eigenvalue weighted by Crippen LogP contribution is 2.12. The van der Waals surface area contributed by atoms with Crippen LogP contribution in [0.25, 0.3) is 0 Å². The number of aliphatic hydroxyl groups excluding tert-OH is 1. The maximum atomic E-state index is 11.8. The largest absolute Gasteiger partial charge is 0.464 e. The molecule has 188 valence electrons. The molecule has 1 unspecified atom stereocenters. The van der Waals surface area contributed by atoms with Gasteiger partial charge in [0, 0.05) is 6.42 Å². The molecule has 0 radical (unpaired) electrons. The third kappa shape index (κ3) is 23.0. The van der Waals surface area contributed by atoms with Gasteiger partial charge in [-0.15, -0.1) is 0 Å². The molecule has 0 heterocycles. The predicted molar refractivity (Wildman–Crippen MR) is 126 cm³/mol. The Kier molecular flexibility index (Phi) is 21.4. The van der Waals surface area contributed by atoms with Crippen LogP contribution in [0.5, 0.6) is 0 Å². The SMILES string of the molecule is CCCCCCCCCCCCCCCC(=O)NCCOC(=O)CCC(=O)OCC(C)O. The zero-order valence-corrected chi connectivity index (χ0v) is 20.5. The van der Waals surface area contributed by atoms with E-state index in [0.717, 1.165) is 12.8 Å². The van der Waals surface area contributed by atoms with Crippen molar-refractivity contribution in [3.63, 3.8) is 0 Å². The molecule has 2 N–H and O–H groups in total. The summed E-state index contributed by atoms with van der Waals surface area (Å²) >= 11 is 0. The smallest absolute Gasteiger partial charge is 0.306 e. The van der Waals surface area contributed by atoms with Crippen molar-refractivity contribution < 1.29 is 29.0 Å². The Morgan fingerprint density at radius 2 is 1.19 bits per heavy atom. The summed E-state index contributed by atoms with van der Waals surface area (Å²) in [5.74, 6) is -1.08. The van der Waals surface area contributed by atoms with Gasteiger partial charge >= 0.3 is 11.9 Å². The number of nitrogens with one attached hydrogen (secondary N) is 1. The van der Waals surface area contributed by atoms with E-state index in [1.807, 2.05) is 0 Å². The average molecular weight is 458 g/mol. The predicted octanol–water partition coefficient (Wildman–Crippen LogP) is 4.83. The topological polar surface area (TPSA) is 102 Å². The molecule has 1 amide bonds. The Hall–Kier alpha value is -1.63. The molecule has 7 nitrogen and oxygen atoms in total. The molecule has 0 saturated carbocycles. The summed E-state index contributed by atoms with van der Waals surface area (Å²) in [5, 5.41) is 11.8. The molecule has 0 aliphatic heterocycles. The molecule has 7 heteroatoms. The van der Waals surface area contributed by atoms with Gasteiger partial charge in [-0.3, -0.25) is 14.4 Å². The third-order valence-electron chi connectivity index (χ3n) is 5.21.